The first kappa shape index (κ1) is 11.7. The van der Waals surface area contributed by atoms with Crippen LogP contribution in [0.4, 0.5) is 5.69 Å². The predicted molar refractivity (Wildman–Crippen MR) is 68.7 cm³/mol. The van der Waals surface area contributed by atoms with Crippen molar-refractivity contribution >= 4 is 11.6 Å². The van der Waals surface area contributed by atoms with E-state index in [1.165, 1.54) is 0 Å². The summed E-state index contributed by atoms with van der Waals surface area (Å²) in [5.41, 5.74) is 8.78. The molecule has 0 atom stereocenters. The molecule has 0 bridgehead atoms. The second-order valence-corrected chi connectivity index (χ2v) is 4.33. The van der Waals surface area contributed by atoms with Gasteiger partial charge in [-0.05, 0) is 25.1 Å². The van der Waals surface area contributed by atoms with Crippen LogP contribution in [0.3, 0.4) is 0 Å². The number of fused-ring (bicyclic) bond motifs is 1. The van der Waals surface area contributed by atoms with Crippen LogP contribution in [0.5, 0.6) is 5.75 Å². The Bertz CT molecular complexity index is 649. The minimum absolute atomic E-state index is 0.0435. The van der Waals surface area contributed by atoms with E-state index >= 15 is 0 Å². The van der Waals surface area contributed by atoms with Gasteiger partial charge in [0.2, 0.25) is 0 Å². The molecule has 0 aliphatic carbocycles. The third kappa shape index (κ3) is 1.96. The molecule has 98 valence electrons. The van der Waals surface area contributed by atoms with E-state index in [9.17, 15) is 4.79 Å². The predicted octanol–water partition coefficient (Wildman–Crippen LogP) is 1.44. The van der Waals surface area contributed by atoms with Crippen LogP contribution in [0.2, 0.25) is 0 Å². The van der Waals surface area contributed by atoms with E-state index in [0.29, 0.717) is 23.7 Å². The van der Waals surface area contributed by atoms with Crippen LogP contribution in [-0.2, 0) is 11.3 Å². The number of nitrogens with two attached hydrogens (primary N) is 1. The fourth-order valence-corrected chi connectivity index (χ4v) is 2.08. The summed E-state index contributed by atoms with van der Waals surface area (Å²) in [6.07, 6.45) is 0. The van der Waals surface area contributed by atoms with E-state index in [1.807, 2.05) is 13.0 Å². The van der Waals surface area contributed by atoms with E-state index in [0.717, 1.165) is 16.8 Å². The third-order valence-corrected chi connectivity index (χ3v) is 3.06. The van der Waals surface area contributed by atoms with Gasteiger partial charge in [-0.25, -0.2) is 0 Å². The highest BCUT2D eigenvalue weighted by Gasteiger charge is 2.19. The van der Waals surface area contributed by atoms with Crippen LogP contribution >= 0.6 is 0 Å². The molecule has 0 radical (unpaired) electrons. The number of nitrogens with one attached hydrogen (secondary N) is 1. The Morgan fingerprint density at radius 1 is 1.47 bits per heavy atom. The van der Waals surface area contributed by atoms with Gasteiger partial charge < -0.3 is 20.3 Å². The molecule has 2 aromatic rings. The van der Waals surface area contributed by atoms with Crippen molar-refractivity contribution in [1.29, 1.82) is 0 Å². The van der Waals surface area contributed by atoms with Crippen LogP contribution in [0.1, 0.15) is 11.3 Å². The van der Waals surface area contributed by atoms with E-state index < -0.39 is 0 Å². The molecule has 0 spiro atoms. The average Bonchev–Trinajstić information content (AvgIpc) is 2.79. The summed E-state index contributed by atoms with van der Waals surface area (Å²) in [4.78, 5) is 11.3. The van der Waals surface area contributed by atoms with Gasteiger partial charge in [-0.15, -0.1) is 0 Å². The number of amides is 1. The highest BCUT2D eigenvalue weighted by atomic mass is 16.5. The normalized spacial score (nSPS) is 13.7. The van der Waals surface area contributed by atoms with Crippen molar-refractivity contribution in [3.05, 3.63) is 29.5 Å². The molecule has 0 saturated carbocycles. The molecule has 0 unspecified atom stereocenters. The van der Waals surface area contributed by atoms with Crippen LogP contribution in [0.25, 0.3) is 11.3 Å². The lowest BCUT2D eigenvalue weighted by Crippen LogP contribution is -2.25. The zero-order valence-corrected chi connectivity index (χ0v) is 10.4. The lowest BCUT2D eigenvalue weighted by Gasteiger charge is -2.18. The summed E-state index contributed by atoms with van der Waals surface area (Å²) in [5, 5.41) is 6.67. The number of anilines is 1. The lowest BCUT2D eigenvalue weighted by atomic mass is 10.1. The van der Waals surface area contributed by atoms with Gasteiger partial charge >= 0.3 is 0 Å². The van der Waals surface area contributed by atoms with Gasteiger partial charge in [0, 0.05) is 17.7 Å². The molecule has 1 aromatic carbocycles. The Hall–Kier alpha value is -2.34. The third-order valence-electron chi connectivity index (χ3n) is 3.06. The molecule has 1 aliphatic heterocycles. The number of carbonyl (C=O) groups excluding carboxylic acids is 1. The van der Waals surface area contributed by atoms with Crippen molar-refractivity contribution in [3.8, 4) is 17.1 Å². The molecule has 6 heteroatoms. The van der Waals surface area contributed by atoms with E-state index in [-0.39, 0.29) is 12.5 Å². The molecule has 0 fully saturated rings. The van der Waals surface area contributed by atoms with E-state index in [2.05, 4.69) is 10.5 Å². The highest BCUT2D eigenvalue weighted by molar-refractivity contribution is 5.96. The molecule has 1 aromatic heterocycles. The lowest BCUT2D eigenvalue weighted by molar-refractivity contribution is -0.118. The second kappa shape index (κ2) is 4.40. The molecule has 3 rings (SSSR count). The zero-order valence-electron chi connectivity index (χ0n) is 10.4. The average molecular weight is 259 g/mol. The minimum atomic E-state index is -0.169. The SMILES string of the molecule is Cc1noc(-c2ccc3c(c2)NC(=O)CO3)c1CN. The van der Waals surface area contributed by atoms with Gasteiger partial charge in [0.15, 0.2) is 12.4 Å². The molecule has 19 heavy (non-hydrogen) atoms. The van der Waals surface area contributed by atoms with Crippen molar-refractivity contribution in [1.82, 2.24) is 5.16 Å². The number of hydrogen-bond donors (Lipinski definition) is 2. The fourth-order valence-electron chi connectivity index (χ4n) is 2.08. The summed E-state index contributed by atoms with van der Waals surface area (Å²) in [7, 11) is 0. The smallest absolute Gasteiger partial charge is 0.262 e. The molecule has 1 aliphatic rings. The van der Waals surface area contributed by atoms with Crippen molar-refractivity contribution in [2.45, 2.75) is 13.5 Å². The first-order valence-corrected chi connectivity index (χ1v) is 5.91. The molecular weight excluding hydrogens is 246 g/mol. The Morgan fingerprint density at radius 2 is 2.32 bits per heavy atom. The Labute approximate surface area is 109 Å². The summed E-state index contributed by atoms with van der Waals surface area (Å²) in [5.74, 6) is 1.11. The maximum atomic E-state index is 11.3. The minimum Gasteiger partial charge on any atom is -0.482 e. The largest absolute Gasteiger partial charge is 0.482 e. The monoisotopic (exact) mass is 259 g/mol. The van der Waals surface area contributed by atoms with Crippen LogP contribution in [0, 0.1) is 6.92 Å². The van der Waals surface area contributed by atoms with Gasteiger partial charge in [-0.1, -0.05) is 5.16 Å². The summed E-state index contributed by atoms with van der Waals surface area (Å²) in [6.45, 7) is 2.24. The van der Waals surface area contributed by atoms with Gasteiger partial charge in [-0.2, -0.15) is 0 Å². The molecule has 1 amide bonds. The van der Waals surface area contributed by atoms with Crippen LogP contribution in [-0.4, -0.2) is 17.7 Å². The fraction of sp³-hybridized carbons (Fsp3) is 0.231. The van der Waals surface area contributed by atoms with Crippen LogP contribution < -0.4 is 15.8 Å². The van der Waals surface area contributed by atoms with Crippen molar-refractivity contribution in [2.24, 2.45) is 5.73 Å². The van der Waals surface area contributed by atoms with Gasteiger partial charge in [0.1, 0.15) is 5.75 Å². The first-order valence-electron chi connectivity index (χ1n) is 5.91. The number of nitrogens with zero attached hydrogens (tertiary/aromatic N) is 1. The van der Waals surface area contributed by atoms with Crippen molar-refractivity contribution < 1.29 is 14.1 Å². The van der Waals surface area contributed by atoms with Gasteiger partial charge in [0.05, 0.1) is 11.4 Å². The summed E-state index contributed by atoms with van der Waals surface area (Å²) in [6, 6.07) is 5.45. The zero-order chi connectivity index (χ0) is 13.4. The molecule has 2 heterocycles. The Kier molecular flexibility index (Phi) is 2.72. The highest BCUT2D eigenvalue weighted by Crippen LogP contribution is 2.34. The van der Waals surface area contributed by atoms with Crippen molar-refractivity contribution in [3.63, 3.8) is 0 Å². The molecule has 0 saturated heterocycles. The molecule has 3 N–H and O–H groups in total. The molecular formula is C13H13N3O3. The number of benzene rings is 1. The second-order valence-electron chi connectivity index (χ2n) is 4.33. The number of aryl methyl sites for hydroxylation is 1. The number of aromatic nitrogens is 1. The summed E-state index contributed by atoms with van der Waals surface area (Å²) >= 11 is 0. The standard InChI is InChI=1S/C13H13N3O3/c1-7-9(5-14)13(19-16-7)8-2-3-11-10(4-8)15-12(17)6-18-11/h2-4H,5-6,14H2,1H3,(H,15,17). The van der Waals surface area contributed by atoms with Gasteiger partial charge in [-0.3, -0.25) is 4.79 Å². The maximum Gasteiger partial charge on any atom is 0.262 e. The first-order chi connectivity index (χ1) is 9.19. The Balaban J connectivity index is 2.06. The Morgan fingerprint density at radius 3 is 3.11 bits per heavy atom. The maximum absolute atomic E-state index is 11.3. The number of ether oxygens (including phenoxy) is 1. The summed E-state index contributed by atoms with van der Waals surface area (Å²) < 4.78 is 10.6. The van der Waals surface area contributed by atoms with Gasteiger partial charge in [0.25, 0.3) is 5.91 Å². The topological polar surface area (TPSA) is 90.4 Å². The van der Waals surface area contributed by atoms with Crippen LogP contribution in [0.15, 0.2) is 22.7 Å². The quantitative estimate of drug-likeness (QED) is 0.851. The van der Waals surface area contributed by atoms with E-state index in [1.54, 1.807) is 12.1 Å². The number of rotatable bonds is 2. The number of carbonyl (C=O) groups is 1. The number of hydrogen-bond acceptors (Lipinski definition) is 5. The van der Waals surface area contributed by atoms with Crippen molar-refractivity contribution in [2.75, 3.05) is 11.9 Å². The molecule has 6 nitrogen and oxygen atoms in total. The van der Waals surface area contributed by atoms with E-state index in [4.69, 9.17) is 15.0 Å².